The van der Waals surface area contributed by atoms with E-state index in [2.05, 4.69) is 27.7 Å². The first kappa shape index (κ1) is 34.6. The zero-order valence-electron chi connectivity index (χ0n) is 29.8. The lowest BCUT2D eigenvalue weighted by Gasteiger charge is -2.61. The van der Waals surface area contributed by atoms with Crippen molar-refractivity contribution in [2.24, 2.45) is 59.2 Å². The van der Waals surface area contributed by atoms with E-state index in [4.69, 9.17) is 38.5 Å². The van der Waals surface area contributed by atoms with Gasteiger partial charge in [0.25, 0.3) is 0 Å². The molecule has 10 fully saturated rings. The second-order valence-electron chi connectivity index (χ2n) is 17.7. The van der Waals surface area contributed by atoms with Crippen LogP contribution in [0.3, 0.4) is 0 Å². The molecule has 0 aromatic carbocycles. The molecule has 2 spiro atoms. The lowest BCUT2D eigenvalue weighted by Crippen LogP contribution is -2.70. The highest BCUT2D eigenvalue weighted by atomic mass is 17.3. The van der Waals surface area contributed by atoms with Gasteiger partial charge in [0.15, 0.2) is 23.8 Å². The molecule has 4 bridgehead atoms. The molecule has 274 valence electrons. The van der Waals surface area contributed by atoms with Crippen LogP contribution in [-0.2, 0) is 38.5 Å². The van der Waals surface area contributed by atoms with Gasteiger partial charge in [-0.2, -0.15) is 0 Å². The summed E-state index contributed by atoms with van der Waals surface area (Å²) in [6.45, 7) is 12.4. The summed E-state index contributed by atoms with van der Waals surface area (Å²) < 4.78 is 26.7. The van der Waals surface area contributed by atoms with Crippen LogP contribution in [0.25, 0.3) is 0 Å². The van der Waals surface area contributed by atoms with Gasteiger partial charge in [-0.3, -0.25) is 0 Å². The van der Waals surface area contributed by atoms with Crippen molar-refractivity contribution in [3.8, 4) is 0 Å². The van der Waals surface area contributed by atoms with Gasteiger partial charge < -0.3 is 34.3 Å². The van der Waals surface area contributed by atoms with Crippen molar-refractivity contribution in [3.05, 3.63) is 0 Å². The lowest BCUT2D eigenvalue weighted by atomic mass is 9.57. The highest BCUT2D eigenvalue weighted by Crippen LogP contribution is 2.62. The normalized spacial score (nSPS) is 55.9. The maximum absolute atomic E-state index is 11.9. The van der Waals surface area contributed by atoms with E-state index < -0.39 is 53.3 Å². The predicted molar refractivity (Wildman–Crippen MR) is 170 cm³/mol. The standard InChI is InChI=1S/C37H60O11/c1-19-7-9-27-21(3)29(41-32-36(27)25(19)11-13-34(5,43-32)45-47-36)15-23(17-38)31(40)24(18-39)16-30-22(4)28-10-8-20(2)26-12-14-35(6)44-33(42-30)37(26,28)48-46-35/h19-33,38-40H,7-18H2,1-6H3/t19-,20-,21-,22-,23?,24?,25+,26+,27+,28+,29-,30-,31?,32-,33-,34?,35?,36-,37-/m1/s1. The van der Waals surface area contributed by atoms with Gasteiger partial charge in [0.1, 0.15) is 0 Å². The number of ether oxygens (including phenoxy) is 4. The van der Waals surface area contributed by atoms with Gasteiger partial charge in [-0.15, -0.1) is 0 Å². The fourth-order valence-corrected chi connectivity index (χ4v) is 12.1. The van der Waals surface area contributed by atoms with E-state index in [9.17, 15) is 15.3 Å². The number of hydrogen-bond acceptors (Lipinski definition) is 11. The Balaban J connectivity index is 0.991. The van der Waals surface area contributed by atoms with Crippen LogP contribution in [0.5, 0.6) is 0 Å². The SMILES string of the molecule is C[C@H]1[C@@H](CC(CO)C(O)C(CO)C[C@H]2O[C@@H]3OC4(C)CC[C@H]5[C@H](C)CC[C@@H]([C@H]2C)[C@@]35OO4)O[C@@H]2OC3(C)CC[C@H]4[C@H](C)CC[C@@H]1[C@@]24OO3. The van der Waals surface area contributed by atoms with Crippen molar-refractivity contribution in [2.75, 3.05) is 13.2 Å². The summed E-state index contributed by atoms with van der Waals surface area (Å²) in [5.74, 6) is -0.663. The molecule has 0 amide bonds. The van der Waals surface area contributed by atoms with Crippen LogP contribution in [0, 0.1) is 59.2 Å². The second-order valence-corrected chi connectivity index (χ2v) is 17.7. The van der Waals surface area contributed by atoms with Crippen LogP contribution >= 0.6 is 0 Å². The molecule has 0 aromatic heterocycles. The van der Waals surface area contributed by atoms with Gasteiger partial charge in [-0.1, -0.05) is 27.7 Å². The van der Waals surface area contributed by atoms with E-state index in [1.807, 2.05) is 13.8 Å². The van der Waals surface area contributed by atoms with Crippen molar-refractivity contribution < 1.29 is 53.8 Å². The third kappa shape index (κ3) is 5.07. The minimum Gasteiger partial charge on any atom is -0.396 e. The van der Waals surface area contributed by atoms with Crippen molar-refractivity contribution in [1.82, 2.24) is 0 Å². The minimum atomic E-state index is -0.955. The first-order valence-electron chi connectivity index (χ1n) is 19.2. The summed E-state index contributed by atoms with van der Waals surface area (Å²) in [4.78, 5) is 24.6. The Hall–Kier alpha value is -0.440. The van der Waals surface area contributed by atoms with Gasteiger partial charge in [-0.25, -0.2) is 19.6 Å². The smallest absolute Gasteiger partial charge is 0.201 e. The number of hydrogen-bond donors (Lipinski definition) is 3. The zero-order chi connectivity index (χ0) is 33.8. The van der Waals surface area contributed by atoms with E-state index >= 15 is 0 Å². The van der Waals surface area contributed by atoms with Crippen molar-refractivity contribution >= 4 is 0 Å². The Morgan fingerprint density at radius 2 is 1.00 bits per heavy atom. The van der Waals surface area contributed by atoms with Gasteiger partial charge in [0.2, 0.25) is 11.6 Å². The van der Waals surface area contributed by atoms with E-state index in [0.717, 1.165) is 51.4 Å². The zero-order valence-corrected chi connectivity index (χ0v) is 29.8. The molecular formula is C37H60O11. The second kappa shape index (κ2) is 12.3. The minimum absolute atomic E-state index is 0.102. The van der Waals surface area contributed by atoms with Crippen LogP contribution in [0.15, 0.2) is 0 Å². The summed E-state index contributed by atoms with van der Waals surface area (Å²) in [5, 5.41) is 33.3. The molecule has 3 N–H and O–H groups in total. The molecule has 2 saturated carbocycles. The number of fused-ring (bicyclic) bond motifs is 4. The monoisotopic (exact) mass is 680 g/mol. The van der Waals surface area contributed by atoms with Crippen LogP contribution in [0.4, 0.5) is 0 Å². The average molecular weight is 681 g/mol. The Morgan fingerprint density at radius 1 is 0.583 bits per heavy atom. The van der Waals surface area contributed by atoms with Crippen LogP contribution < -0.4 is 0 Å². The third-order valence-corrected chi connectivity index (χ3v) is 15.1. The Bertz CT molecular complexity index is 1100. The molecule has 48 heavy (non-hydrogen) atoms. The van der Waals surface area contributed by atoms with Crippen molar-refractivity contribution in [3.63, 3.8) is 0 Å². The summed E-state index contributed by atoms with van der Waals surface area (Å²) in [6.07, 6.45) is 5.92. The van der Waals surface area contributed by atoms with E-state index in [1.165, 1.54) is 0 Å². The molecule has 10 rings (SSSR count). The molecule has 8 saturated heterocycles. The molecule has 10 aliphatic rings. The van der Waals surface area contributed by atoms with E-state index in [-0.39, 0.29) is 60.9 Å². The topological polar surface area (TPSA) is 135 Å². The number of aliphatic hydroxyl groups excluding tert-OH is 3. The summed E-state index contributed by atoms with van der Waals surface area (Å²) in [7, 11) is 0. The lowest BCUT2D eigenvalue weighted by molar-refractivity contribution is -0.571. The maximum atomic E-state index is 11.9. The fraction of sp³-hybridized carbons (Fsp3) is 1.00. The Labute approximate surface area is 285 Å². The molecule has 2 aliphatic carbocycles. The molecule has 11 heteroatoms. The molecule has 18 atom stereocenters. The van der Waals surface area contributed by atoms with Crippen LogP contribution in [0.1, 0.15) is 106 Å². The van der Waals surface area contributed by atoms with Gasteiger partial charge in [0.05, 0.1) is 18.3 Å². The summed E-state index contributed by atoms with van der Waals surface area (Å²) >= 11 is 0. The van der Waals surface area contributed by atoms with Gasteiger partial charge in [-0.05, 0) is 101 Å². The number of aliphatic hydroxyl groups is 3. The van der Waals surface area contributed by atoms with Crippen molar-refractivity contribution in [2.45, 2.75) is 159 Å². The molecule has 8 aliphatic heterocycles. The van der Waals surface area contributed by atoms with Gasteiger partial charge >= 0.3 is 0 Å². The largest absolute Gasteiger partial charge is 0.396 e. The fourth-order valence-electron chi connectivity index (χ4n) is 12.1. The number of rotatable bonds is 8. The van der Waals surface area contributed by atoms with Gasteiger partial charge in [0, 0.05) is 49.7 Å². The molecule has 11 nitrogen and oxygen atoms in total. The Morgan fingerprint density at radius 3 is 1.40 bits per heavy atom. The average Bonchev–Trinajstić information content (AvgIpc) is 3.44. The molecular weight excluding hydrogens is 620 g/mol. The summed E-state index contributed by atoms with van der Waals surface area (Å²) in [6, 6.07) is 0. The first-order chi connectivity index (χ1) is 22.9. The summed E-state index contributed by atoms with van der Waals surface area (Å²) in [5.41, 5.74) is -1.31. The molecule has 0 aromatic rings. The van der Waals surface area contributed by atoms with Crippen molar-refractivity contribution in [1.29, 1.82) is 0 Å². The quantitative estimate of drug-likeness (QED) is 0.304. The first-order valence-corrected chi connectivity index (χ1v) is 19.2. The highest BCUT2D eigenvalue weighted by Gasteiger charge is 2.71. The molecule has 8 heterocycles. The highest BCUT2D eigenvalue weighted by molar-refractivity contribution is 5.12. The third-order valence-electron chi connectivity index (χ3n) is 15.1. The molecule has 4 unspecified atom stereocenters. The van der Waals surface area contributed by atoms with Crippen LogP contribution in [-0.4, -0.2) is 82.2 Å². The maximum Gasteiger partial charge on any atom is 0.201 e. The molecule has 0 radical (unpaired) electrons. The van der Waals surface area contributed by atoms with Crippen LogP contribution in [0.2, 0.25) is 0 Å². The predicted octanol–water partition coefficient (Wildman–Crippen LogP) is 4.85. The van der Waals surface area contributed by atoms with E-state index in [1.54, 1.807) is 0 Å². The van der Waals surface area contributed by atoms with E-state index in [0.29, 0.717) is 24.7 Å². The Kier molecular flexibility index (Phi) is 8.89.